The lowest BCUT2D eigenvalue weighted by atomic mass is 10.1. The Balaban J connectivity index is 0.00000300. The molecule has 1 aliphatic rings. The summed E-state index contributed by atoms with van der Waals surface area (Å²) in [4.78, 5) is 12.0. The lowest BCUT2D eigenvalue weighted by Crippen LogP contribution is -3.00. The van der Waals surface area contributed by atoms with Crippen molar-refractivity contribution in [3.8, 4) is 0 Å². The fraction of sp³-hybridized carbons (Fsp3) is 0.318. The smallest absolute Gasteiger partial charge is 0.244 e. The first kappa shape index (κ1) is 24.2. The number of amides is 1. The average Bonchev–Trinajstić information content (AvgIpc) is 2.68. The van der Waals surface area contributed by atoms with Gasteiger partial charge in [0.15, 0.2) is 0 Å². The van der Waals surface area contributed by atoms with Crippen molar-refractivity contribution in [1.82, 2.24) is 5.32 Å². The fourth-order valence-corrected chi connectivity index (χ4v) is 3.49. The summed E-state index contributed by atoms with van der Waals surface area (Å²) in [6, 6.07) is 13.7. The number of benzene rings is 2. The first-order valence-electron chi connectivity index (χ1n) is 9.34. The van der Waals surface area contributed by atoms with Gasteiger partial charge in [0.25, 0.3) is 0 Å². The predicted octanol–water partition coefficient (Wildman–Crippen LogP) is 1.30. The number of morpholine rings is 1. The zero-order chi connectivity index (χ0) is 20.0. The lowest BCUT2D eigenvalue weighted by molar-refractivity contribution is -0.929. The van der Waals surface area contributed by atoms with Gasteiger partial charge in [-0.2, -0.15) is 0 Å². The number of rotatable bonds is 6. The van der Waals surface area contributed by atoms with Gasteiger partial charge in [0.2, 0.25) is 5.91 Å². The zero-order valence-electron chi connectivity index (χ0n) is 16.3. The van der Waals surface area contributed by atoms with E-state index in [4.69, 9.17) is 27.9 Å². The second kappa shape index (κ2) is 11.3. The average molecular weight is 547 g/mol. The quantitative estimate of drug-likeness (QED) is 0.337. The highest BCUT2D eigenvalue weighted by molar-refractivity contribution is 6.42. The van der Waals surface area contributed by atoms with Gasteiger partial charge in [0.05, 0.1) is 30.3 Å². The second-order valence-electron chi connectivity index (χ2n) is 7.38. The summed E-state index contributed by atoms with van der Waals surface area (Å²) in [5, 5.41) is 3.86. The summed E-state index contributed by atoms with van der Waals surface area (Å²) in [5.41, 5.74) is 3.21. The largest absolute Gasteiger partial charge is 1.00 e. The molecule has 0 atom stereocenters. The minimum atomic E-state index is -0.151. The van der Waals surface area contributed by atoms with Crippen molar-refractivity contribution < 1.29 is 38.0 Å². The van der Waals surface area contributed by atoms with Crippen LogP contribution in [-0.4, -0.2) is 43.7 Å². The van der Waals surface area contributed by atoms with Crippen LogP contribution in [0.2, 0.25) is 10.0 Å². The van der Waals surface area contributed by atoms with Gasteiger partial charge in [-0.25, -0.2) is 0 Å². The topological polar surface area (TPSA) is 38.3 Å². The van der Waals surface area contributed by atoms with E-state index in [9.17, 15) is 4.79 Å². The fourth-order valence-electron chi connectivity index (χ4n) is 3.18. The Morgan fingerprint density at radius 3 is 2.38 bits per heavy atom. The molecule has 1 fully saturated rings. The molecule has 0 bridgehead atoms. The molecule has 1 aliphatic heterocycles. The monoisotopic (exact) mass is 546 g/mol. The first-order valence-corrected chi connectivity index (χ1v) is 10.1. The van der Waals surface area contributed by atoms with Crippen LogP contribution >= 0.6 is 23.2 Å². The molecule has 0 aliphatic carbocycles. The van der Waals surface area contributed by atoms with Gasteiger partial charge in [-0.05, 0) is 29.3 Å². The molecular formula is C22H25Cl2IN2O2. The molecule has 1 amide bonds. The van der Waals surface area contributed by atoms with Crippen LogP contribution in [0.3, 0.4) is 0 Å². The Hall–Kier alpha value is -1.12. The third-order valence-electron chi connectivity index (χ3n) is 4.98. The van der Waals surface area contributed by atoms with Crippen LogP contribution in [0.25, 0.3) is 6.08 Å². The van der Waals surface area contributed by atoms with Crippen molar-refractivity contribution in [1.29, 1.82) is 0 Å². The van der Waals surface area contributed by atoms with Gasteiger partial charge >= 0.3 is 0 Å². The number of halogens is 3. The van der Waals surface area contributed by atoms with Crippen molar-refractivity contribution >= 4 is 35.2 Å². The number of ether oxygens (including phenoxy) is 1. The van der Waals surface area contributed by atoms with E-state index in [1.807, 2.05) is 6.07 Å². The molecule has 0 unspecified atom stereocenters. The molecule has 0 radical (unpaired) electrons. The van der Waals surface area contributed by atoms with Crippen LogP contribution < -0.4 is 29.3 Å². The van der Waals surface area contributed by atoms with Gasteiger partial charge in [-0.3, -0.25) is 4.79 Å². The van der Waals surface area contributed by atoms with Gasteiger partial charge in [-0.15, -0.1) is 0 Å². The number of likely N-dealkylation sites (N-methyl/N-ethyl adjacent to an activating group) is 1. The molecule has 2 aromatic carbocycles. The Morgan fingerprint density at radius 2 is 1.72 bits per heavy atom. The van der Waals surface area contributed by atoms with Crippen LogP contribution in [0.5, 0.6) is 0 Å². The third kappa shape index (κ3) is 7.57. The maximum absolute atomic E-state index is 12.0. The Kier molecular flexibility index (Phi) is 9.43. The summed E-state index contributed by atoms with van der Waals surface area (Å²) in [6.45, 7) is 5.24. The lowest BCUT2D eigenvalue weighted by Gasteiger charge is -2.37. The second-order valence-corrected chi connectivity index (χ2v) is 8.19. The van der Waals surface area contributed by atoms with E-state index in [1.54, 1.807) is 18.2 Å². The van der Waals surface area contributed by atoms with Gasteiger partial charge in [0.1, 0.15) is 19.6 Å². The number of hydrogen-bond donors (Lipinski definition) is 1. The number of hydrogen-bond acceptors (Lipinski definition) is 2. The minimum Gasteiger partial charge on any atom is -1.00 e. The van der Waals surface area contributed by atoms with Gasteiger partial charge in [0, 0.05) is 18.2 Å². The number of quaternary nitrogens is 1. The normalized spacial score (nSPS) is 15.7. The maximum Gasteiger partial charge on any atom is 0.244 e. The summed E-state index contributed by atoms with van der Waals surface area (Å²) in [6.07, 6.45) is 3.21. The van der Waals surface area contributed by atoms with E-state index >= 15 is 0 Å². The SMILES string of the molecule is C[N+]1(Cc2ccc(CNC(=O)C=Cc3ccc(Cl)c(Cl)c3)cc2)CCOCC1.[I-]. The van der Waals surface area contributed by atoms with E-state index in [0.717, 1.165) is 48.5 Å². The molecule has 4 nitrogen and oxygen atoms in total. The van der Waals surface area contributed by atoms with Crippen molar-refractivity contribution in [3.63, 3.8) is 0 Å². The highest BCUT2D eigenvalue weighted by Crippen LogP contribution is 2.23. The third-order valence-corrected chi connectivity index (χ3v) is 5.71. The van der Waals surface area contributed by atoms with E-state index in [2.05, 4.69) is 36.6 Å². The molecular weight excluding hydrogens is 522 g/mol. The molecule has 3 rings (SSSR count). The van der Waals surface area contributed by atoms with Crippen molar-refractivity contribution in [2.24, 2.45) is 0 Å². The van der Waals surface area contributed by atoms with E-state index in [1.165, 1.54) is 11.6 Å². The summed E-state index contributed by atoms with van der Waals surface area (Å²) >= 11 is 11.9. The Morgan fingerprint density at radius 1 is 1.07 bits per heavy atom. The molecule has 2 aromatic rings. The minimum absolute atomic E-state index is 0. The van der Waals surface area contributed by atoms with Crippen LogP contribution in [-0.2, 0) is 22.6 Å². The van der Waals surface area contributed by atoms with Crippen LogP contribution in [0.15, 0.2) is 48.5 Å². The molecule has 0 aromatic heterocycles. The van der Waals surface area contributed by atoms with Crippen LogP contribution in [0.1, 0.15) is 16.7 Å². The summed E-state index contributed by atoms with van der Waals surface area (Å²) < 4.78 is 6.47. The Bertz CT molecular complexity index is 850. The summed E-state index contributed by atoms with van der Waals surface area (Å²) in [7, 11) is 2.27. The molecule has 156 valence electrons. The molecule has 29 heavy (non-hydrogen) atoms. The van der Waals surface area contributed by atoms with Crippen molar-refractivity contribution in [2.45, 2.75) is 13.1 Å². The van der Waals surface area contributed by atoms with Crippen LogP contribution in [0.4, 0.5) is 0 Å². The predicted molar refractivity (Wildman–Crippen MR) is 114 cm³/mol. The summed E-state index contributed by atoms with van der Waals surface area (Å²) in [5.74, 6) is -0.151. The van der Waals surface area contributed by atoms with E-state index < -0.39 is 0 Å². The van der Waals surface area contributed by atoms with E-state index in [0.29, 0.717) is 16.6 Å². The molecule has 1 saturated heterocycles. The van der Waals surface area contributed by atoms with E-state index in [-0.39, 0.29) is 29.9 Å². The molecule has 1 heterocycles. The highest BCUT2D eigenvalue weighted by atomic mass is 127. The molecule has 7 heteroatoms. The Labute approximate surface area is 199 Å². The molecule has 1 N–H and O–H groups in total. The van der Waals surface area contributed by atoms with Crippen LogP contribution in [0, 0.1) is 0 Å². The van der Waals surface area contributed by atoms with Gasteiger partial charge in [-0.1, -0.05) is 53.5 Å². The number of nitrogens with one attached hydrogen (secondary N) is 1. The van der Waals surface area contributed by atoms with Crippen molar-refractivity contribution in [3.05, 3.63) is 75.3 Å². The molecule has 0 saturated carbocycles. The molecule has 0 spiro atoms. The standard InChI is InChI=1S/C22H24Cl2N2O2.HI/c1-26(10-12-28-13-11-26)16-19-4-2-18(3-5-19)15-25-22(27)9-7-17-6-8-20(23)21(24)14-17;/h2-9,14H,10-13,15-16H2,1H3;1H. The zero-order valence-corrected chi connectivity index (χ0v) is 20.0. The number of nitrogens with zero attached hydrogens (tertiary/aromatic N) is 1. The highest BCUT2D eigenvalue weighted by Gasteiger charge is 2.25. The van der Waals surface area contributed by atoms with Crippen molar-refractivity contribution in [2.75, 3.05) is 33.4 Å². The van der Waals surface area contributed by atoms with Gasteiger partial charge < -0.3 is 38.5 Å². The first-order chi connectivity index (χ1) is 13.4. The number of carbonyl (C=O) groups excluding carboxylic acids is 1. The number of carbonyl (C=O) groups is 1. The maximum atomic E-state index is 12.0.